The van der Waals surface area contributed by atoms with Gasteiger partial charge in [0.25, 0.3) is 0 Å². The van der Waals surface area contributed by atoms with E-state index in [1.54, 1.807) is 0 Å². The van der Waals surface area contributed by atoms with Crippen LogP contribution in [-0.4, -0.2) is 23.1 Å². The van der Waals surface area contributed by atoms with Crippen molar-refractivity contribution >= 4 is 11.9 Å². The zero-order valence-corrected chi connectivity index (χ0v) is 29.2. The number of carboxylic acids is 1. The summed E-state index contributed by atoms with van der Waals surface area (Å²) >= 11 is 0. The molecule has 0 bridgehead atoms. The predicted octanol–water partition coefficient (Wildman–Crippen LogP) is 13.0. The van der Waals surface area contributed by atoms with Crippen LogP contribution in [0.2, 0.25) is 0 Å². The summed E-state index contributed by atoms with van der Waals surface area (Å²) in [6, 6.07) is 0. The third kappa shape index (κ3) is 34.6. The lowest BCUT2D eigenvalue weighted by molar-refractivity contribution is -0.150. The molecule has 4 heteroatoms. The number of carboxylic acid groups (broad SMARTS) is 1. The maximum Gasteiger partial charge on any atom is 0.306 e. The van der Waals surface area contributed by atoms with Crippen molar-refractivity contribution in [3.05, 3.63) is 36.5 Å². The highest BCUT2D eigenvalue weighted by Gasteiger charge is 2.14. The molecule has 0 fully saturated rings. The molecule has 4 nitrogen and oxygen atoms in total. The number of aliphatic carboxylic acids is 1. The van der Waals surface area contributed by atoms with Gasteiger partial charge in [-0.2, -0.15) is 0 Å². The molecule has 256 valence electrons. The zero-order chi connectivity index (χ0) is 32.2. The molecule has 0 aromatic rings. The minimum atomic E-state index is -0.683. The molecule has 0 aromatic heterocycles. The lowest BCUT2D eigenvalue weighted by atomic mass is 10.0. The van der Waals surface area contributed by atoms with Gasteiger partial charge in [-0.25, -0.2) is 0 Å². The maximum atomic E-state index is 12.6. The first-order valence-corrected chi connectivity index (χ1v) is 19.0. The molecule has 0 rings (SSSR count). The Labute approximate surface area is 273 Å². The first-order chi connectivity index (χ1) is 21.6. The average Bonchev–Trinajstić information content (AvgIpc) is 3.01. The van der Waals surface area contributed by atoms with Crippen LogP contribution in [0.15, 0.2) is 36.5 Å². The lowest BCUT2D eigenvalue weighted by Crippen LogP contribution is -2.18. The van der Waals surface area contributed by atoms with E-state index in [1.165, 1.54) is 103 Å². The van der Waals surface area contributed by atoms with E-state index in [4.69, 9.17) is 9.84 Å². The highest BCUT2D eigenvalue weighted by Crippen LogP contribution is 2.19. The van der Waals surface area contributed by atoms with Crippen molar-refractivity contribution in [2.75, 3.05) is 0 Å². The van der Waals surface area contributed by atoms with Gasteiger partial charge in [0.15, 0.2) is 0 Å². The molecule has 1 N–H and O–H groups in total. The summed E-state index contributed by atoms with van der Waals surface area (Å²) in [6.07, 6.45) is 46.0. The molecule has 0 aliphatic rings. The van der Waals surface area contributed by atoms with Crippen molar-refractivity contribution in [1.29, 1.82) is 0 Å². The van der Waals surface area contributed by atoms with E-state index in [2.05, 4.69) is 50.3 Å². The van der Waals surface area contributed by atoms with Crippen molar-refractivity contribution in [2.24, 2.45) is 0 Å². The van der Waals surface area contributed by atoms with E-state index >= 15 is 0 Å². The first kappa shape index (κ1) is 42.2. The van der Waals surface area contributed by atoms with Gasteiger partial charge in [0.2, 0.25) is 0 Å². The molecule has 0 heterocycles. The largest absolute Gasteiger partial charge is 0.481 e. The van der Waals surface area contributed by atoms with E-state index in [1.807, 2.05) is 0 Å². The number of rotatable bonds is 34. The predicted molar refractivity (Wildman–Crippen MR) is 190 cm³/mol. The number of esters is 1. The van der Waals surface area contributed by atoms with Gasteiger partial charge < -0.3 is 9.84 Å². The van der Waals surface area contributed by atoms with Crippen molar-refractivity contribution in [2.45, 2.75) is 206 Å². The summed E-state index contributed by atoms with van der Waals surface area (Å²) in [5.41, 5.74) is 0. The van der Waals surface area contributed by atoms with Gasteiger partial charge in [-0.1, -0.05) is 153 Å². The Bertz CT molecular complexity index is 708. The van der Waals surface area contributed by atoms with E-state index in [9.17, 15) is 9.59 Å². The molecule has 0 saturated heterocycles. The molecule has 0 radical (unpaired) electrons. The highest BCUT2D eigenvalue weighted by atomic mass is 16.5. The molecule has 0 aromatic carbocycles. The first-order valence-electron chi connectivity index (χ1n) is 19.0. The molecule has 44 heavy (non-hydrogen) atoms. The smallest absolute Gasteiger partial charge is 0.306 e. The standard InChI is InChI=1S/C40H72O4/c1-3-5-7-9-11-12-13-14-15-16-17-18-19-20-25-29-33-37-40(43)44-38(34-30-26-10-8-6-4-2)35-31-27-23-21-22-24-28-32-36-39(41)42/h5,7,11-12,14-15,38H,3-4,6,8-10,13,16-37H2,1-2H3,(H,41,42)/b7-5-,12-11-,15-14-. The molecule has 0 amide bonds. The van der Waals surface area contributed by atoms with E-state index in [0.29, 0.717) is 12.8 Å². The Hall–Kier alpha value is -1.84. The second kappa shape index (κ2) is 35.6. The minimum Gasteiger partial charge on any atom is -0.481 e. The third-order valence-electron chi connectivity index (χ3n) is 8.38. The normalized spacial score (nSPS) is 12.6. The van der Waals surface area contributed by atoms with Crippen molar-refractivity contribution in [1.82, 2.24) is 0 Å². The summed E-state index contributed by atoms with van der Waals surface area (Å²) < 4.78 is 6.00. The Morgan fingerprint density at radius 1 is 0.523 bits per heavy atom. The number of carbonyl (C=O) groups is 2. The van der Waals surface area contributed by atoms with Crippen LogP contribution < -0.4 is 0 Å². The maximum absolute atomic E-state index is 12.6. The van der Waals surface area contributed by atoms with Crippen LogP contribution in [-0.2, 0) is 14.3 Å². The Morgan fingerprint density at radius 3 is 1.48 bits per heavy atom. The number of unbranched alkanes of at least 4 members (excludes halogenated alkanes) is 19. The van der Waals surface area contributed by atoms with Crippen LogP contribution in [0, 0.1) is 0 Å². The van der Waals surface area contributed by atoms with Gasteiger partial charge in [0.1, 0.15) is 6.10 Å². The van der Waals surface area contributed by atoms with Crippen LogP contribution in [0.5, 0.6) is 0 Å². The lowest BCUT2D eigenvalue weighted by Gasteiger charge is -2.18. The van der Waals surface area contributed by atoms with Crippen LogP contribution in [0.25, 0.3) is 0 Å². The fourth-order valence-electron chi connectivity index (χ4n) is 5.61. The number of hydrogen-bond donors (Lipinski definition) is 1. The minimum absolute atomic E-state index is 0.0152. The van der Waals surface area contributed by atoms with Crippen LogP contribution in [0.1, 0.15) is 200 Å². The summed E-state index contributed by atoms with van der Waals surface area (Å²) in [7, 11) is 0. The highest BCUT2D eigenvalue weighted by molar-refractivity contribution is 5.69. The van der Waals surface area contributed by atoms with Gasteiger partial charge >= 0.3 is 11.9 Å². The Balaban J connectivity index is 3.94. The number of ether oxygens (including phenoxy) is 1. The third-order valence-corrected chi connectivity index (χ3v) is 8.38. The van der Waals surface area contributed by atoms with Gasteiger partial charge in [-0.15, -0.1) is 0 Å². The van der Waals surface area contributed by atoms with Crippen molar-refractivity contribution in [3.63, 3.8) is 0 Å². The zero-order valence-electron chi connectivity index (χ0n) is 29.2. The Morgan fingerprint density at radius 2 is 0.955 bits per heavy atom. The molecule has 0 saturated carbocycles. The topological polar surface area (TPSA) is 63.6 Å². The molecular formula is C40H72O4. The van der Waals surface area contributed by atoms with Gasteiger partial charge in [0, 0.05) is 12.8 Å². The van der Waals surface area contributed by atoms with E-state index in [-0.39, 0.29) is 12.1 Å². The molecule has 1 unspecified atom stereocenters. The summed E-state index contributed by atoms with van der Waals surface area (Å²) in [4.78, 5) is 23.2. The van der Waals surface area contributed by atoms with Crippen molar-refractivity contribution < 1.29 is 19.4 Å². The quantitative estimate of drug-likeness (QED) is 0.0444. The SMILES string of the molecule is CC/C=C\C/C=C\C/C=C\CCCCCCCCCC(=O)OC(CCCCCCCC)CCCCCCCCCCC(=O)O. The fourth-order valence-corrected chi connectivity index (χ4v) is 5.61. The molecule has 0 spiro atoms. The second-order valence-electron chi connectivity index (χ2n) is 12.7. The number of carbonyl (C=O) groups excluding carboxylic acids is 1. The average molecular weight is 617 g/mol. The van der Waals surface area contributed by atoms with Crippen LogP contribution in [0.4, 0.5) is 0 Å². The molecule has 0 aliphatic carbocycles. The second-order valence-corrected chi connectivity index (χ2v) is 12.7. The number of allylic oxidation sites excluding steroid dienone is 6. The summed E-state index contributed by atoms with van der Waals surface area (Å²) in [6.45, 7) is 4.42. The fraction of sp³-hybridized carbons (Fsp3) is 0.800. The van der Waals surface area contributed by atoms with Crippen molar-refractivity contribution in [3.8, 4) is 0 Å². The van der Waals surface area contributed by atoms with Gasteiger partial charge in [-0.3, -0.25) is 9.59 Å². The summed E-state index contributed by atoms with van der Waals surface area (Å²) in [5, 5.41) is 8.72. The molecule has 1 atom stereocenters. The van der Waals surface area contributed by atoms with E-state index < -0.39 is 5.97 Å². The van der Waals surface area contributed by atoms with Gasteiger partial charge in [-0.05, 0) is 70.6 Å². The van der Waals surface area contributed by atoms with Crippen LogP contribution >= 0.6 is 0 Å². The van der Waals surface area contributed by atoms with E-state index in [0.717, 1.165) is 70.6 Å². The van der Waals surface area contributed by atoms with Crippen LogP contribution in [0.3, 0.4) is 0 Å². The molecule has 0 aliphatic heterocycles. The summed E-state index contributed by atoms with van der Waals surface area (Å²) in [5.74, 6) is -0.668. The number of hydrogen-bond acceptors (Lipinski definition) is 3. The van der Waals surface area contributed by atoms with Gasteiger partial charge in [0.05, 0.1) is 0 Å². The Kier molecular flexibility index (Phi) is 34.1. The molecular weight excluding hydrogens is 544 g/mol. The monoisotopic (exact) mass is 617 g/mol.